The first-order valence-corrected chi connectivity index (χ1v) is 6.88. The summed E-state index contributed by atoms with van der Waals surface area (Å²) in [6.45, 7) is 0. The van der Waals surface area contributed by atoms with Crippen LogP contribution in [0.1, 0.15) is 10.4 Å². The number of nitrogens with one attached hydrogen (secondary N) is 2. The Labute approximate surface area is 132 Å². The van der Waals surface area contributed by atoms with Crippen LogP contribution in [-0.4, -0.2) is 17.9 Å². The predicted molar refractivity (Wildman–Crippen MR) is 80.8 cm³/mol. The second kappa shape index (κ2) is 6.36. The van der Waals surface area contributed by atoms with Crippen LogP contribution in [0.3, 0.4) is 0 Å². The molecule has 0 atom stereocenters. The lowest BCUT2D eigenvalue weighted by Crippen LogP contribution is -2.15. The highest BCUT2D eigenvalue weighted by atomic mass is 79.9. The van der Waals surface area contributed by atoms with Gasteiger partial charge in [-0.15, -0.1) is 0 Å². The molecule has 0 radical (unpaired) electrons. The molecular formula is C13H9BrClF2N3O. The Morgan fingerprint density at radius 1 is 1.33 bits per heavy atom. The van der Waals surface area contributed by atoms with Crippen molar-refractivity contribution in [1.29, 1.82) is 0 Å². The minimum atomic E-state index is -0.894. The molecule has 2 N–H and O–H groups in total. The summed E-state index contributed by atoms with van der Waals surface area (Å²) in [6.07, 6.45) is 1.30. The van der Waals surface area contributed by atoms with E-state index in [1.54, 1.807) is 7.05 Å². The van der Waals surface area contributed by atoms with Gasteiger partial charge >= 0.3 is 0 Å². The number of rotatable bonds is 3. The number of pyridine rings is 1. The van der Waals surface area contributed by atoms with Crippen LogP contribution in [0.4, 0.5) is 20.3 Å². The molecular weight excluding hydrogens is 368 g/mol. The number of amides is 1. The summed E-state index contributed by atoms with van der Waals surface area (Å²) >= 11 is 8.90. The molecule has 0 aliphatic heterocycles. The summed E-state index contributed by atoms with van der Waals surface area (Å²) < 4.78 is 26.8. The minimum Gasteiger partial charge on any atom is -0.373 e. The third-order valence-electron chi connectivity index (χ3n) is 2.60. The molecule has 1 aromatic carbocycles. The fourth-order valence-corrected chi connectivity index (χ4v) is 2.29. The Bertz CT molecular complexity index is 689. The summed E-state index contributed by atoms with van der Waals surface area (Å²) in [5.41, 5.74) is -0.0491. The maximum absolute atomic E-state index is 13.7. The van der Waals surface area contributed by atoms with E-state index in [9.17, 15) is 13.6 Å². The number of carbonyl (C=O) groups excluding carboxylic acids is 1. The first-order valence-electron chi connectivity index (χ1n) is 5.71. The van der Waals surface area contributed by atoms with Crippen LogP contribution < -0.4 is 10.6 Å². The number of hydrogen-bond donors (Lipinski definition) is 2. The monoisotopic (exact) mass is 375 g/mol. The molecule has 4 nitrogen and oxygen atoms in total. The van der Waals surface area contributed by atoms with Gasteiger partial charge in [0.05, 0.1) is 16.3 Å². The van der Waals surface area contributed by atoms with E-state index < -0.39 is 17.5 Å². The number of carbonyl (C=O) groups is 1. The average Bonchev–Trinajstić information content (AvgIpc) is 2.43. The topological polar surface area (TPSA) is 54.0 Å². The Hall–Kier alpha value is -1.73. The molecule has 8 heteroatoms. The fourth-order valence-electron chi connectivity index (χ4n) is 1.59. The van der Waals surface area contributed by atoms with Crippen LogP contribution >= 0.6 is 27.5 Å². The van der Waals surface area contributed by atoms with Gasteiger partial charge in [-0.2, -0.15) is 0 Å². The van der Waals surface area contributed by atoms with E-state index in [4.69, 9.17) is 11.6 Å². The maximum Gasteiger partial charge on any atom is 0.257 e. The Morgan fingerprint density at radius 3 is 2.67 bits per heavy atom. The SMILES string of the molecule is CNc1cc(C(=O)Nc2c(F)cc(F)cc2Br)c(Cl)cn1. The number of anilines is 2. The van der Waals surface area contributed by atoms with Crippen LogP contribution in [0.15, 0.2) is 28.9 Å². The van der Waals surface area contributed by atoms with Crippen LogP contribution in [0.2, 0.25) is 5.02 Å². The van der Waals surface area contributed by atoms with Gasteiger partial charge in [-0.25, -0.2) is 13.8 Å². The second-order valence-corrected chi connectivity index (χ2v) is 5.26. The second-order valence-electron chi connectivity index (χ2n) is 4.00. The summed E-state index contributed by atoms with van der Waals surface area (Å²) in [5.74, 6) is -1.85. The highest BCUT2D eigenvalue weighted by molar-refractivity contribution is 9.10. The molecule has 1 aromatic heterocycles. The Kier molecular flexibility index (Phi) is 4.74. The van der Waals surface area contributed by atoms with Crippen molar-refractivity contribution in [2.24, 2.45) is 0 Å². The van der Waals surface area contributed by atoms with Crippen molar-refractivity contribution in [1.82, 2.24) is 4.98 Å². The van der Waals surface area contributed by atoms with Crippen molar-refractivity contribution >= 4 is 44.9 Å². The van der Waals surface area contributed by atoms with Gasteiger partial charge in [0.1, 0.15) is 11.6 Å². The van der Waals surface area contributed by atoms with Crippen molar-refractivity contribution in [2.45, 2.75) is 0 Å². The van der Waals surface area contributed by atoms with Crippen LogP contribution in [-0.2, 0) is 0 Å². The molecule has 1 amide bonds. The van der Waals surface area contributed by atoms with Crippen molar-refractivity contribution in [3.63, 3.8) is 0 Å². The number of benzene rings is 1. The molecule has 0 aliphatic carbocycles. The van der Waals surface area contributed by atoms with E-state index >= 15 is 0 Å². The van der Waals surface area contributed by atoms with E-state index in [1.807, 2.05) is 0 Å². The molecule has 0 fully saturated rings. The number of halogens is 4. The van der Waals surface area contributed by atoms with Gasteiger partial charge in [-0.05, 0) is 28.1 Å². The summed E-state index contributed by atoms with van der Waals surface area (Å²) in [5, 5.41) is 5.22. The van der Waals surface area contributed by atoms with Crippen LogP contribution in [0.25, 0.3) is 0 Å². The van der Waals surface area contributed by atoms with Gasteiger partial charge in [0.2, 0.25) is 0 Å². The number of nitrogens with zero attached hydrogens (tertiary/aromatic N) is 1. The molecule has 110 valence electrons. The van der Waals surface area contributed by atoms with Crippen molar-refractivity contribution < 1.29 is 13.6 Å². The standard InChI is InChI=1S/C13H9BrClF2N3O/c1-18-11-4-7(9(15)5-19-11)13(21)20-12-8(14)2-6(16)3-10(12)17/h2-5H,1H3,(H,18,19)(H,20,21). The molecule has 2 aromatic rings. The summed E-state index contributed by atoms with van der Waals surface area (Å²) in [6, 6.07) is 3.15. The lowest BCUT2D eigenvalue weighted by atomic mass is 10.2. The summed E-state index contributed by atoms with van der Waals surface area (Å²) in [7, 11) is 1.63. The number of aromatic nitrogens is 1. The lowest BCUT2D eigenvalue weighted by Gasteiger charge is -2.10. The van der Waals surface area contributed by atoms with Gasteiger partial charge < -0.3 is 10.6 Å². The molecule has 0 saturated heterocycles. The smallest absolute Gasteiger partial charge is 0.257 e. The molecule has 21 heavy (non-hydrogen) atoms. The molecule has 2 rings (SSSR count). The molecule has 0 aliphatic rings. The highest BCUT2D eigenvalue weighted by Gasteiger charge is 2.17. The van der Waals surface area contributed by atoms with E-state index in [-0.39, 0.29) is 20.7 Å². The quantitative estimate of drug-likeness (QED) is 0.849. The highest BCUT2D eigenvalue weighted by Crippen LogP contribution is 2.28. The fraction of sp³-hybridized carbons (Fsp3) is 0.0769. The molecule has 1 heterocycles. The Balaban J connectivity index is 2.35. The molecule has 0 spiro atoms. The lowest BCUT2D eigenvalue weighted by molar-refractivity contribution is 0.102. The molecule has 0 saturated carbocycles. The number of hydrogen-bond acceptors (Lipinski definition) is 3. The van der Waals surface area contributed by atoms with E-state index in [1.165, 1.54) is 12.3 Å². The van der Waals surface area contributed by atoms with Crippen molar-refractivity contribution in [3.8, 4) is 0 Å². The van der Waals surface area contributed by atoms with Crippen LogP contribution in [0, 0.1) is 11.6 Å². The zero-order chi connectivity index (χ0) is 15.6. The van der Waals surface area contributed by atoms with Crippen molar-refractivity contribution in [3.05, 3.63) is 51.1 Å². The van der Waals surface area contributed by atoms with E-state index in [0.717, 1.165) is 6.07 Å². The largest absolute Gasteiger partial charge is 0.373 e. The van der Waals surface area contributed by atoms with Crippen LogP contribution in [0.5, 0.6) is 0 Å². The van der Waals surface area contributed by atoms with E-state index in [0.29, 0.717) is 11.9 Å². The normalized spacial score (nSPS) is 10.3. The van der Waals surface area contributed by atoms with Gasteiger partial charge in [-0.1, -0.05) is 11.6 Å². The van der Waals surface area contributed by atoms with E-state index in [2.05, 4.69) is 31.5 Å². The minimum absolute atomic E-state index is 0.0902. The maximum atomic E-state index is 13.7. The summed E-state index contributed by atoms with van der Waals surface area (Å²) in [4.78, 5) is 16.1. The van der Waals surface area contributed by atoms with Gasteiger partial charge in [-0.3, -0.25) is 4.79 Å². The molecule has 0 bridgehead atoms. The first-order chi connectivity index (χ1) is 9.92. The average molecular weight is 377 g/mol. The first kappa shape index (κ1) is 15.7. The third kappa shape index (κ3) is 3.48. The Morgan fingerprint density at radius 2 is 2.05 bits per heavy atom. The zero-order valence-corrected chi connectivity index (χ0v) is 13.0. The van der Waals surface area contributed by atoms with Gasteiger partial charge in [0.25, 0.3) is 5.91 Å². The van der Waals surface area contributed by atoms with Gasteiger partial charge in [0, 0.05) is 23.8 Å². The molecule has 0 unspecified atom stereocenters. The van der Waals surface area contributed by atoms with Gasteiger partial charge in [0.15, 0.2) is 5.82 Å². The van der Waals surface area contributed by atoms with Crippen molar-refractivity contribution in [2.75, 3.05) is 17.7 Å². The zero-order valence-electron chi connectivity index (χ0n) is 10.7. The predicted octanol–water partition coefficient (Wildman–Crippen LogP) is 4.07. The third-order valence-corrected chi connectivity index (χ3v) is 3.53.